The predicted molar refractivity (Wildman–Crippen MR) is 164 cm³/mol. The Balaban J connectivity index is 1.57. The normalized spacial score (nSPS) is 13.6. The first-order valence-electron chi connectivity index (χ1n) is 13.1. The minimum Gasteiger partial charge on any atom is -0.481 e. The third-order valence-corrected chi connectivity index (χ3v) is 8.32. The Kier molecular flexibility index (Phi) is 9.49. The SMILES string of the molecule is C[C@H](CC(=O)O)S[C@H](CCc1ccccc1C(C)(C)O)c1cccc(/C=C/c2ccc3ccc(Cl)cc3n2)c1. The zero-order chi connectivity index (χ0) is 28.0. The number of thioether (sulfide) groups is 1. The summed E-state index contributed by atoms with van der Waals surface area (Å²) in [5, 5.41) is 21.8. The zero-order valence-electron chi connectivity index (χ0n) is 22.5. The molecule has 0 bridgehead atoms. The van der Waals surface area contributed by atoms with Gasteiger partial charge in [-0.3, -0.25) is 4.79 Å². The van der Waals surface area contributed by atoms with E-state index in [1.165, 1.54) is 0 Å². The fourth-order valence-corrected chi connectivity index (χ4v) is 6.28. The lowest BCUT2D eigenvalue weighted by molar-refractivity contribution is -0.136. The summed E-state index contributed by atoms with van der Waals surface area (Å²) in [4.78, 5) is 16.1. The van der Waals surface area contributed by atoms with Crippen LogP contribution >= 0.6 is 23.4 Å². The number of nitrogens with zero attached hydrogens (tertiary/aromatic N) is 1. The van der Waals surface area contributed by atoms with Gasteiger partial charge in [0.1, 0.15) is 0 Å². The second-order valence-corrected chi connectivity index (χ2v) is 12.4. The van der Waals surface area contributed by atoms with Crippen LogP contribution in [0.1, 0.15) is 66.8 Å². The number of carboxylic acid groups (broad SMARTS) is 1. The fourth-order valence-electron chi connectivity index (χ4n) is 4.75. The molecule has 4 aromatic rings. The van der Waals surface area contributed by atoms with Gasteiger partial charge in [-0.2, -0.15) is 11.8 Å². The molecule has 0 spiro atoms. The highest BCUT2D eigenvalue weighted by Crippen LogP contribution is 2.38. The molecule has 0 saturated heterocycles. The molecule has 0 aliphatic carbocycles. The molecular weight excluding hydrogens is 526 g/mol. The number of rotatable bonds is 11. The maximum absolute atomic E-state index is 11.4. The quantitative estimate of drug-likeness (QED) is 0.192. The smallest absolute Gasteiger partial charge is 0.304 e. The average molecular weight is 560 g/mol. The van der Waals surface area contributed by atoms with Crippen LogP contribution in [0.2, 0.25) is 5.02 Å². The van der Waals surface area contributed by atoms with Crippen molar-refractivity contribution in [1.82, 2.24) is 4.98 Å². The fraction of sp³-hybridized carbons (Fsp3) is 0.273. The molecule has 0 aliphatic heterocycles. The molecule has 0 radical (unpaired) electrons. The molecule has 0 unspecified atom stereocenters. The van der Waals surface area contributed by atoms with Crippen LogP contribution in [0.5, 0.6) is 0 Å². The van der Waals surface area contributed by atoms with Crippen molar-refractivity contribution in [2.75, 3.05) is 0 Å². The molecule has 0 amide bonds. The van der Waals surface area contributed by atoms with E-state index in [9.17, 15) is 15.0 Å². The summed E-state index contributed by atoms with van der Waals surface area (Å²) in [6, 6.07) is 26.1. The van der Waals surface area contributed by atoms with Crippen molar-refractivity contribution in [1.29, 1.82) is 0 Å². The van der Waals surface area contributed by atoms with Crippen LogP contribution in [0.3, 0.4) is 0 Å². The first kappa shape index (κ1) is 28.9. The number of hydrogen-bond acceptors (Lipinski definition) is 4. The molecule has 0 aliphatic rings. The summed E-state index contributed by atoms with van der Waals surface area (Å²) in [5.41, 5.74) is 5.01. The number of carbonyl (C=O) groups is 1. The second kappa shape index (κ2) is 12.8. The Morgan fingerprint density at radius 2 is 1.79 bits per heavy atom. The zero-order valence-corrected chi connectivity index (χ0v) is 24.0. The monoisotopic (exact) mass is 559 g/mol. The molecule has 3 aromatic carbocycles. The lowest BCUT2D eigenvalue weighted by Gasteiger charge is -2.24. The van der Waals surface area contributed by atoms with Gasteiger partial charge in [-0.05, 0) is 73.2 Å². The van der Waals surface area contributed by atoms with Gasteiger partial charge in [0.05, 0.1) is 23.2 Å². The van der Waals surface area contributed by atoms with Gasteiger partial charge in [0.2, 0.25) is 0 Å². The average Bonchev–Trinajstić information content (AvgIpc) is 2.89. The van der Waals surface area contributed by atoms with Gasteiger partial charge in [-0.25, -0.2) is 4.98 Å². The Hall–Kier alpha value is -3.12. The van der Waals surface area contributed by atoms with Gasteiger partial charge in [-0.1, -0.05) is 85.3 Å². The Bertz CT molecular complexity index is 1480. The highest BCUT2D eigenvalue weighted by atomic mass is 35.5. The van der Waals surface area contributed by atoms with Crippen LogP contribution in [0.4, 0.5) is 0 Å². The van der Waals surface area contributed by atoms with Crippen molar-refractivity contribution >= 4 is 52.4 Å². The summed E-state index contributed by atoms with van der Waals surface area (Å²) in [6.07, 6.45) is 5.75. The summed E-state index contributed by atoms with van der Waals surface area (Å²) >= 11 is 7.84. The number of halogens is 1. The molecule has 0 saturated carbocycles. The number of aliphatic hydroxyl groups is 1. The van der Waals surface area contributed by atoms with E-state index in [2.05, 4.69) is 24.3 Å². The summed E-state index contributed by atoms with van der Waals surface area (Å²) < 4.78 is 0. The third-order valence-electron chi connectivity index (χ3n) is 6.62. The van der Waals surface area contributed by atoms with Crippen LogP contribution in [0.25, 0.3) is 23.1 Å². The molecule has 39 heavy (non-hydrogen) atoms. The number of carboxylic acids is 1. The summed E-state index contributed by atoms with van der Waals surface area (Å²) in [6.45, 7) is 5.58. The minimum absolute atomic E-state index is 0.0372. The van der Waals surface area contributed by atoms with E-state index >= 15 is 0 Å². The van der Waals surface area contributed by atoms with E-state index in [4.69, 9.17) is 16.6 Å². The number of aryl methyl sites for hydroxylation is 1. The van der Waals surface area contributed by atoms with Crippen molar-refractivity contribution < 1.29 is 15.0 Å². The molecule has 2 N–H and O–H groups in total. The van der Waals surface area contributed by atoms with E-state index in [1.807, 2.05) is 87.5 Å². The van der Waals surface area contributed by atoms with E-state index in [1.54, 1.807) is 11.8 Å². The minimum atomic E-state index is -0.928. The topological polar surface area (TPSA) is 70.4 Å². The largest absolute Gasteiger partial charge is 0.481 e. The molecule has 2 atom stereocenters. The van der Waals surface area contributed by atoms with E-state index in [-0.39, 0.29) is 16.9 Å². The first-order valence-corrected chi connectivity index (χ1v) is 14.4. The highest BCUT2D eigenvalue weighted by molar-refractivity contribution is 8.00. The van der Waals surface area contributed by atoms with E-state index < -0.39 is 11.6 Å². The molecule has 4 rings (SSSR count). The Labute approximate surface area is 239 Å². The van der Waals surface area contributed by atoms with Crippen LogP contribution in [0.15, 0.2) is 78.9 Å². The number of benzene rings is 3. The number of pyridine rings is 1. The Morgan fingerprint density at radius 3 is 2.56 bits per heavy atom. The van der Waals surface area contributed by atoms with Gasteiger partial charge >= 0.3 is 5.97 Å². The predicted octanol–water partition coefficient (Wildman–Crippen LogP) is 8.56. The maximum atomic E-state index is 11.4. The number of aliphatic carboxylic acids is 1. The van der Waals surface area contributed by atoms with E-state index in [0.29, 0.717) is 5.02 Å². The molecule has 202 valence electrons. The van der Waals surface area contributed by atoms with Gasteiger partial charge in [0.25, 0.3) is 0 Å². The molecule has 0 fully saturated rings. The molecule has 6 heteroatoms. The van der Waals surface area contributed by atoms with Crippen molar-refractivity contribution in [3.63, 3.8) is 0 Å². The van der Waals surface area contributed by atoms with Gasteiger partial charge in [0, 0.05) is 20.9 Å². The summed E-state index contributed by atoms with van der Waals surface area (Å²) in [7, 11) is 0. The summed E-state index contributed by atoms with van der Waals surface area (Å²) in [5.74, 6) is -0.790. The van der Waals surface area contributed by atoms with Gasteiger partial charge in [0.15, 0.2) is 0 Å². The molecule has 4 nitrogen and oxygen atoms in total. The highest BCUT2D eigenvalue weighted by Gasteiger charge is 2.22. The number of fused-ring (bicyclic) bond motifs is 1. The molecule has 1 aromatic heterocycles. The molecular formula is C33H34ClNO3S. The number of hydrogen-bond donors (Lipinski definition) is 2. The first-order chi connectivity index (χ1) is 18.6. The maximum Gasteiger partial charge on any atom is 0.304 e. The van der Waals surface area contributed by atoms with Crippen molar-refractivity contribution in [3.05, 3.63) is 112 Å². The van der Waals surface area contributed by atoms with Crippen LogP contribution < -0.4 is 0 Å². The van der Waals surface area contributed by atoms with Crippen LogP contribution in [0, 0.1) is 0 Å². The van der Waals surface area contributed by atoms with Crippen LogP contribution in [-0.4, -0.2) is 26.4 Å². The Morgan fingerprint density at radius 1 is 1.03 bits per heavy atom. The van der Waals surface area contributed by atoms with Crippen molar-refractivity contribution in [2.45, 2.75) is 56.1 Å². The number of aromatic nitrogens is 1. The van der Waals surface area contributed by atoms with Crippen LogP contribution in [-0.2, 0) is 16.8 Å². The van der Waals surface area contributed by atoms with Gasteiger partial charge < -0.3 is 10.2 Å². The van der Waals surface area contributed by atoms with E-state index in [0.717, 1.165) is 51.7 Å². The molecule has 1 heterocycles. The van der Waals surface area contributed by atoms with Crippen molar-refractivity contribution in [3.8, 4) is 0 Å². The lowest BCUT2D eigenvalue weighted by Crippen LogP contribution is -2.18. The third kappa shape index (κ3) is 8.18. The van der Waals surface area contributed by atoms with Crippen molar-refractivity contribution in [2.24, 2.45) is 0 Å². The second-order valence-electron chi connectivity index (χ2n) is 10.4. The lowest BCUT2D eigenvalue weighted by atomic mass is 9.90. The van der Waals surface area contributed by atoms with Gasteiger partial charge in [-0.15, -0.1) is 0 Å². The standard InChI is InChI=1S/C33H34ClNO3S/c1-22(19-32(36)37)39-31(18-14-24-8-4-5-10-29(24)33(2,3)38)26-9-6-7-23(20-26)11-16-28-17-13-25-12-15-27(34)21-30(25)35-28/h4-13,15-17,20-22,31,38H,14,18-19H2,1-3H3,(H,36,37)/b16-11+/t22-,31-/m1/s1.